The van der Waals surface area contributed by atoms with E-state index in [0.717, 1.165) is 5.56 Å². The molecule has 2 aromatic rings. The molecule has 136 valence electrons. The quantitative estimate of drug-likeness (QED) is 0.734. The van der Waals surface area contributed by atoms with Crippen molar-refractivity contribution < 1.29 is 18.8 Å². The van der Waals surface area contributed by atoms with Crippen LogP contribution in [0.3, 0.4) is 0 Å². The highest BCUT2D eigenvalue weighted by atomic mass is 19.1. The number of Topliss-reactive ketones (excluding diaryl/α,β-unsaturated/α-hetero) is 1. The Bertz CT molecular complexity index is 816. The van der Waals surface area contributed by atoms with E-state index in [9.17, 15) is 18.8 Å². The molecule has 0 aliphatic heterocycles. The van der Waals surface area contributed by atoms with Crippen molar-refractivity contribution in [2.24, 2.45) is 0 Å². The molecule has 0 aliphatic rings. The molecule has 26 heavy (non-hydrogen) atoms. The number of aryl methyl sites for hydroxylation is 1. The minimum atomic E-state index is -0.412. The summed E-state index contributed by atoms with van der Waals surface area (Å²) >= 11 is 0. The van der Waals surface area contributed by atoms with Crippen LogP contribution in [0.5, 0.6) is 0 Å². The summed E-state index contributed by atoms with van der Waals surface area (Å²) in [7, 11) is 0. The van der Waals surface area contributed by atoms with Gasteiger partial charge in [0.25, 0.3) is 0 Å². The fourth-order valence-electron chi connectivity index (χ4n) is 2.30. The third-order valence-electron chi connectivity index (χ3n) is 3.86. The van der Waals surface area contributed by atoms with Crippen LogP contribution in [0.1, 0.15) is 42.1 Å². The summed E-state index contributed by atoms with van der Waals surface area (Å²) in [4.78, 5) is 35.6. The van der Waals surface area contributed by atoms with Crippen LogP contribution in [0, 0.1) is 12.7 Å². The van der Waals surface area contributed by atoms with E-state index >= 15 is 0 Å². The Morgan fingerprint density at radius 1 is 0.923 bits per heavy atom. The zero-order valence-electron chi connectivity index (χ0n) is 14.8. The van der Waals surface area contributed by atoms with Crippen molar-refractivity contribution in [1.82, 2.24) is 0 Å². The second-order valence-corrected chi connectivity index (χ2v) is 5.91. The highest BCUT2D eigenvalue weighted by molar-refractivity contribution is 6.00. The van der Waals surface area contributed by atoms with Gasteiger partial charge >= 0.3 is 0 Å². The van der Waals surface area contributed by atoms with Crippen molar-refractivity contribution in [3.63, 3.8) is 0 Å². The molecule has 2 rings (SSSR count). The van der Waals surface area contributed by atoms with Gasteiger partial charge in [0.1, 0.15) is 5.82 Å². The lowest BCUT2D eigenvalue weighted by molar-refractivity contribution is -0.116. The normalized spacial score (nSPS) is 10.3. The number of halogens is 1. The van der Waals surface area contributed by atoms with Gasteiger partial charge in [0.2, 0.25) is 11.8 Å². The van der Waals surface area contributed by atoms with Crippen LogP contribution < -0.4 is 10.6 Å². The van der Waals surface area contributed by atoms with Gasteiger partial charge in [0, 0.05) is 36.2 Å². The number of carbonyl (C=O) groups is 3. The SMILES string of the molecule is CCC(=O)Nc1cc(NC(=O)CCC(=O)c2ccc(F)cc2)ccc1C. The lowest BCUT2D eigenvalue weighted by Crippen LogP contribution is -2.15. The predicted octanol–water partition coefficient (Wildman–Crippen LogP) is 4.08. The maximum atomic E-state index is 12.9. The largest absolute Gasteiger partial charge is 0.326 e. The molecule has 0 aliphatic carbocycles. The second-order valence-electron chi connectivity index (χ2n) is 5.91. The summed E-state index contributed by atoms with van der Waals surface area (Å²) in [6.45, 7) is 3.62. The maximum absolute atomic E-state index is 12.9. The van der Waals surface area contributed by atoms with Gasteiger partial charge < -0.3 is 10.6 Å². The van der Waals surface area contributed by atoms with Gasteiger partial charge in [-0.1, -0.05) is 13.0 Å². The van der Waals surface area contributed by atoms with Crippen LogP contribution in [0.2, 0.25) is 0 Å². The molecule has 0 unspecified atom stereocenters. The van der Waals surface area contributed by atoms with E-state index in [2.05, 4.69) is 10.6 Å². The third-order valence-corrected chi connectivity index (χ3v) is 3.86. The molecule has 2 aromatic carbocycles. The van der Waals surface area contributed by atoms with Crippen molar-refractivity contribution >= 4 is 29.0 Å². The first kappa shape index (κ1) is 19.3. The minimum Gasteiger partial charge on any atom is -0.326 e. The number of hydrogen-bond acceptors (Lipinski definition) is 3. The Kier molecular flexibility index (Phi) is 6.60. The van der Waals surface area contributed by atoms with Crippen molar-refractivity contribution in [2.75, 3.05) is 10.6 Å². The molecule has 0 aromatic heterocycles. The molecule has 0 atom stereocenters. The maximum Gasteiger partial charge on any atom is 0.224 e. The minimum absolute atomic E-state index is 0.0146. The van der Waals surface area contributed by atoms with Crippen LogP contribution in [-0.4, -0.2) is 17.6 Å². The molecular formula is C20H21FN2O3. The van der Waals surface area contributed by atoms with Crippen molar-refractivity contribution in [3.05, 3.63) is 59.4 Å². The molecule has 0 radical (unpaired) electrons. The van der Waals surface area contributed by atoms with Gasteiger partial charge in [-0.25, -0.2) is 4.39 Å². The Hall–Kier alpha value is -3.02. The first-order valence-corrected chi connectivity index (χ1v) is 8.38. The molecule has 2 amide bonds. The monoisotopic (exact) mass is 356 g/mol. The van der Waals surface area contributed by atoms with E-state index in [0.29, 0.717) is 23.4 Å². The van der Waals surface area contributed by atoms with Crippen LogP contribution >= 0.6 is 0 Å². The standard InChI is InChI=1S/C20H21FN2O3/c1-3-19(25)23-17-12-16(9-4-13(17)2)22-20(26)11-10-18(24)14-5-7-15(21)8-6-14/h4-9,12H,3,10-11H2,1-2H3,(H,22,26)(H,23,25). The van der Waals surface area contributed by atoms with E-state index in [1.807, 2.05) is 6.92 Å². The fourth-order valence-corrected chi connectivity index (χ4v) is 2.30. The summed E-state index contributed by atoms with van der Waals surface area (Å²) in [5, 5.41) is 5.49. The summed E-state index contributed by atoms with van der Waals surface area (Å²) in [5.41, 5.74) is 2.44. The number of amides is 2. The van der Waals surface area contributed by atoms with Gasteiger partial charge in [0.15, 0.2) is 5.78 Å². The van der Waals surface area contributed by atoms with E-state index < -0.39 is 5.82 Å². The Morgan fingerprint density at radius 3 is 2.27 bits per heavy atom. The third kappa shape index (κ3) is 5.51. The Balaban J connectivity index is 1.93. The smallest absolute Gasteiger partial charge is 0.224 e. The molecule has 0 saturated heterocycles. The van der Waals surface area contributed by atoms with Crippen molar-refractivity contribution in [1.29, 1.82) is 0 Å². The van der Waals surface area contributed by atoms with E-state index in [1.54, 1.807) is 25.1 Å². The number of ketones is 1. The number of anilines is 2. The number of hydrogen-bond donors (Lipinski definition) is 2. The number of nitrogens with one attached hydrogen (secondary N) is 2. The molecule has 5 nitrogen and oxygen atoms in total. The Labute approximate surface area is 151 Å². The summed E-state index contributed by atoms with van der Waals surface area (Å²) < 4.78 is 12.9. The average molecular weight is 356 g/mol. The molecule has 0 saturated carbocycles. The topological polar surface area (TPSA) is 75.3 Å². The van der Waals surface area contributed by atoms with Crippen LogP contribution in [0.25, 0.3) is 0 Å². The number of rotatable bonds is 7. The average Bonchev–Trinajstić information content (AvgIpc) is 2.63. The van der Waals surface area contributed by atoms with E-state index in [1.165, 1.54) is 24.3 Å². The summed E-state index contributed by atoms with van der Waals surface area (Å²) in [6, 6.07) is 10.4. The molecule has 2 N–H and O–H groups in total. The number of benzene rings is 2. The van der Waals surface area contributed by atoms with E-state index in [4.69, 9.17) is 0 Å². The molecular weight excluding hydrogens is 335 g/mol. The molecule has 0 heterocycles. The number of carbonyl (C=O) groups excluding carboxylic acids is 3. The summed E-state index contributed by atoms with van der Waals surface area (Å²) in [6.07, 6.45) is 0.408. The lowest BCUT2D eigenvalue weighted by atomic mass is 10.1. The lowest BCUT2D eigenvalue weighted by Gasteiger charge is -2.11. The molecule has 6 heteroatoms. The van der Waals surface area contributed by atoms with Crippen LogP contribution in [-0.2, 0) is 9.59 Å². The van der Waals surface area contributed by atoms with Gasteiger partial charge in [-0.2, -0.15) is 0 Å². The predicted molar refractivity (Wildman–Crippen MR) is 98.7 cm³/mol. The van der Waals surface area contributed by atoms with E-state index in [-0.39, 0.29) is 30.4 Å². The highest BCUT2D eigenvalue weighted by Crippen LogP contribution is 2.21. The zero-order valence-corrected chi connectivity index (χ0v) is 14.8. The first-order chi connectivity index (χ1) is 12.4. The first-order valence-electron chi connectivity index (χ1n) is 8.38. The van der Waals surface area contributed by atoms with Gasteiger partial charge in [-0.3, -0.25) is 14.4 Å². The van der Waals surface area contributed by atoms with Gasteiger partial charge in [-0.15, -0.1) is 0 Å². The molecule has 0 bridgehead atoms. The van der Waals surface area contributed by atoms with Gasteiger partial charge in [-0.05, 0) is 48.9 Å². The van der Waals surface area contributed by atoms with Crippen molar-refractivity contribution in [3.8, 4) is 0 Å². The summed E-state index contributed by atoms with van der Waals surface area (Å²) in [5.74, 6) is -1.05. The van der Waals surface area contributed by atoms with Crippen molar-refractivity contribution in [2.45, 2.75) is 33.1 Å². The molecule has 0 spiro atoms. The molecule has 0 fully saturated rings. The van der Waals surface area contributed by atoms with Gasteiger partial charge in [0.05, 0.1) is 0 Å². The van der Waals surface area contributed by atoms with Crippen LogP contribution in [0.4, 0.5) is 15.8 Å². The second kappa shape index (κ2) is 8.89. The highest BCUT2D eigenvalue weighted by Gasteiger charge is 2.11. The van der Waals surface area contributed by atoms with Crippen LogP contribution in [0.15, 0.2) is 42.5 Å². The Morgan fingerprint density at radius 2 is 1.62 bits per heavy atom. The fraction of sp³-hybridized carbons (Fsp3) is 0.250. The zero-order chi connectivity index (χ0) is 19.1.